The molecule has 0 radical (unpaired) electrons. The summed E-state index contributed by atoms with van der Waals surface area (Å²) in [5.41, 5.74) is 6.45. The van der Waals surface area contributed by atoms with Crippen LogP contribution in [-0.4, -0.2) is 32.9 Å². The molecule has 2 aromatic rings. The Hall–Kier alpha value is -1.69. The van der Waals surface area contributed by atoms with E-state index in [0.29, 0.717) is 4.90 Å². The first-order valence-corrected chi connectivity index (χ1v) is 8.68. The van der Waals surface area contributed by atoms with E-state index >= 15 is 0 Å². The van der Waals surface area contributed by atoms with Gasteiger partial charge in [-0.3, -0.25) is 0 Å². The highest BCUT2D eigenvalue weighted by Gasteiger charge is 2.69. The van der Waals surface area contributed by atoms with Crippen LogP contribution in [0.3, 0.4) is 0 Å². The van der Waals surface area contributed by atoms with Crippen molar-refractivity contribution in [3.05, 3.63) is 66.2 Å². The van der Waals surface area contributed by atoms with Gasteiger partial charge in [0, 0.05) is 13.0 Å². The minimum atomic E-state index is -3.50. The molecule has 3 rings (SSSR count). The second kappa shape index (κ2) is 5.50. The van der Waals surface area contributed by atoms with E-state index in [1.54, 1.807) is 37.4 Å². The number of rotatable bonds is 5. The van der Waals surface area contributed by atoms with E-state index in [2.05, 4.69) is 0 Å². The molecule has 0 amide bonds. The third-order valence-corrected chi connectivity index (χ3v) is 6.57. The van der Waals surface area contributed by atoms with Gasteiger partial charge in [-0.05, 0) is 17.7 Å². The molecule has 0 spiro atoms. The van der Waals surface area contributed by atoms with Crippen molar-refractivity contribution < 1.29 is 13.2 Å². The van der Waals surface area contributed by atoms with Gasteiger partial charge in [0.2, 0.25) is 0 Å². The van der Waals surface area contributed by atoms with Crippen LogP contribution in [0.5, 0.6) is 0 Å². The maximum atomic E-state index is 12.9. The fourth-order valence-corrected chi connectivity index (χ4v) is 5.53. The third kappa shape index (κ3) is 2.35. The van der Waals surface area contributed by atoms with Crippen molar-refractivity contribution >= 4 is 9.84 Å². The van der Waals surface area contributed by atoms with Crippen molar-refractivity contribution in [1.82, 2.24) is 0 Å². The summed E-state index contributed by atoms with van der Waals surface area (Å²) in [6, 6.07) is 18.0. The second-order valence-electron chi connectivity index (χ2n) is 5.71. The normalized spacial score (nSPS) is 27.5. The lowest BCUT2D eigenvalue weighted by Crippen LogP contribution is -2.35. The van der Waals surface area contributed by atoms with E-state index < -0.39 is 20.6 Å². The Bertz CT molecular complexity index is 746. The lowest BCUT2D eigenvalue weighted by Gasteiger charge is -2.11. The van der Waals surface area contributed by atoms with E-state index in [9.17, 15) is 8.42 Å². The molecule has 5 heteroatoms. The van der Waals surface area contributed by atoms with Crippen LogP contribution in [0.1, 0.15) is 11.5 Å². The number of nitrogens with two attached hydrogens (primary N) is 1. The van der Waals surface area contributed by atoms with Gasteiger partial charge in [0.1, 0.15) is 0 Å². The summed E-state index contributed by atoms with van der Waals surface area (Å²) >= 11 is 0. The van der Waals surface area contributed by atoms with Gasteiger partial charge in [-0.15, -0.1) is 0 Å². The van der Waals surface area contributed by atoms with Gasteiger partial charge >= 0.3 is 0 Å². The molecule has 3 atom stereocenters. The lowest BCUT2D eigenvalue weighted by atomic mass is 10.1. The van der Waals surface area contributed by atoms with Crippen LogP contribution in [0, 0.1) is 0 Å². The minimum Gasteiger partial charge on any atom is -0.383 e. The van der Waals surface area contributed by atoms with Crippen LogP contribution < -0.4 is 5.73 Å². The minimum absolute atomic E-state index is 0.212. The fraction of sp³-hybridized carbons (Fsp3) is 0.294. The number of sulfone groups is 1. The zero-order valence-electron chi connectivity index (χ0n) is 12.3. The smallest absolute Gasteiger partial charge is 0.183 e. The molecule has 1 saturated carbocycles. The Morgan fingerprint density at radius 2 is 1.59 bits per heavy atom. The van der Waals surface area contributed by atoms with Gasteiger partial charge in [-0.25, -0.2) is 8.42 Å². The summed E-state index contributed by atoms with van der Waals surface area (Å²) in [6.07, 6.45) is 0. The number of hydrogen-bond donors (Lipinski definition) is 1. The van der Waals surface area contributed by atoms with Crippen LogP contribution in [0.25, 0.3) is 0 Å². The maximum Gasteiger partial charge on any atom is 0.183 e. The first-order chi connectivity index (χ1) is 10.5. The SMILES string of the molecule is COC[C@]1(N)[C@H](c2ccccc2)[C@H]1S(=O)(=O)c1ccccc1. The molecule has 0 aliphatic heterocycles. The summed E-state index contributed by atoms with van der Waals surface area (Å²) in [5.74, 6) is -0.251. The molecule has 22 heavy (non-hydrogen) atoms. The van der Waals surface area contributed by atoms with E-state index in [-0.39, 0.29) is 12.5 Å². The van der Waals surface area contributed by atoms with Crippen molar-refractivity contribution in [3.8, 4) is 0 Å². The Kier molecular flexibility index (Phi) is 3.80. The Labute approximate surface area is 130 Å². The maximum absolute atomic E-state index is 12.9. The van der Waals surface area contributed by atoms with E-state index in [1.165, 1.54) is 0 Å². The molecule has 4 nitrogen and oxygen atoms in total. The highest BCUT2D eigenvalue weighted by atomic mass is 32.2. The van der Waals surface area contributed by atoms with Gasteiger partial charge in [0.15, 0.2) is 9.84 Å². The largest absolute Gasteiger partial charge is 0.383 e. The zero-order chi connectivity index (χ0) is 15.8. The Morgan fingerprint density at radius 1 is 1.05 bits per heavy atom. The first-order valence-electron chi connectivity index (χ1n) is 7.13. The molecule has 2 aromatic carbocycles. The first kappa shape index (κ1) is 15.2. The molecular formula is C17H19NO3S. The van der Waals surface area contributed by atoms with E-state index in [4.69, 9.17) is 10.5 Å². The second-order valence-corrected chi connectivity index (χ2v) is 7.78. The molecule has 0 saturated heterocycles. The molecule has 0 heterocycles. The van der Waals surface area contributed by atoms with Crippen LogP contribution in [-0.2, 0) is 14.6 Å². The van der Waals surface area contributed by atoms with Gasteiger partial charge in [-0.1, -0.05) is 48.5 Å². The van der Waals surface area contributed by atoms with Crippen molar-refractivity contribution in [3.63, 3.8) is 0 Å². The zero-order valence-corrected chi connectivity index (χ0v) is 13.2. The Morgan fingerprint density at radius 3 is 2.14 bits per heavy atom. The molecular weight excluding hydrogens is 298 g/mol. The van der Waals surface area contributed by atoms with Gasteiger partial charge in [0.05, 0.1) is 22.3 Å². The van der Waals surface area contributed by atoms with Gasteiger partial charge in [-0.2, -0.15) is 0 Å². The van der Waals surface area contributed by atoms with Crippen LogP contribution in [0.2, 0.25) is 0 Å². The number of hydrogen-bond acceptors (Lipinski definition) is 4. The molecule has 1 aliphatic carbocycles. The monoisotopic (exact) mass is 317 g/mol. The average Bonchev–Trinajstić information content (AvgIpc) is 3.16. The summed E-state index contributed by atoms with van der Waals surface area (Å²) < 4.78 is 31.1. The van der Waals surface area contributed by atoms with Gasteiger partial charge < -0.3 is 10.5 Å². The molecule has 0 unspecified atom stereocenters. The number of methoxy groups -OCH3 is 1. The molecule has 1 fully saturated rings. The predicted molar refractivity (Wildman–Crippen MR) is 85.4 cm³/mol. The van der Waals surface area contributed by atoms with Crippen molar-refractivity contribution in [2.45, 2.75) is 21.6 Å². The van der Waals surface area contributed by atoms with Crippen molar-refractivity contribution in [1.29, 1.82) is 0 Å². The number of ether oxygens (including phenoxy) is 1. The topological polar surface area (TPSA) is 69.4 Å². The molecule has 0 bridgehead atoms. The summed E-state index contributed by atoms with van der Waals surface area (Å²) in [6.45, 7) is 0.212. The highest BCUT2D eigenvalue weighted by Crippen LogP contribution is 2.55. The summed E-state index contributed by atoms with van der Waals surface area (Å²) in [5, 5.41) is -0.662. The molecule has 2 N–H and O–H groups in total. The fourth-order valence-electron chi connectivity index (χ4n) is 3.22. The van der Waals surface area contributed by atoms with E-state index in [1.807, 2.05) is 30.3 Å². The van der Waals surface area contributed by atoms with E-state index in [0.717, 1.165) is 5.56 Å². The highest BCUT2D eigenvalue weighted by molar-refractivity contribution is 7.92. The lowest BCUT2D eigenvalue weighted by molar-refractivity contribution is 0.171. The summed E-state index contributed by atoms with van der Waals surface area (Å²) in [4.78, 5) is 0.310. The standard InChI is InChI=1S/C17H19NO3S/c1-21-12-17(18)15(13-8-4-2-5-9-13)16(17)22(19,20)14-10-6-3-7-11-14/h2-11,15-16H,12,18H2,1H3/t15-,16-,17+/m1/s1. The molecule has 0 aromatic heterocycles. The third-order valence-electron chi connectivity index (χ3n) is 4.26. The van der Waals surface area contributed by atoms with Crippen molar-refractivity contribution in [2.24, 2.45) is 5.73 Å². The molecule has 1 aliphatic rings. The number of benzene rings is 2. The quantitative estimate of drug-likeness (QED) is 0.915. The van der Waals surface area contributed by atoms with Gasteiger partial charge in [0.25, 0.3) is 0 Å². The van der Waals surface area contributed by atoms with Crippen molar-refractivity contribution in [2.75, 3.05) is 13.7 Å². The Balaban J connectivity index is 2.02. The van der Waals surface area contributed by atoms with Crippen LogP contribution in [0.4, 0.5) is 0 Å². The predicted octanol–water partition coefficient (Wildman–Crippen LogP) is 1.97. The van der Waals surface area contributed by atoms with Crippen LogP contribution >= 0.6 is 0 Å². The molecule has 116 valence electrons. The summed E-state index contributed by atoms with van der Waals surface area (Å²) in [7, 11) is -1.96. The van der Waals surface area contributed by atoms with Crippen LogP contribution in [0.15, 0.2) is 65.6 Å². The average molecular weight is 317 g/mol.